The fraction of sp³-hybridized carbons (Fsp3) is 0.562. The molecule has 3 rings (SSSR count). The normalized spacial score (nSPS) is 24.8. The summed E-state index contributed by atoms with van der Waals surface area (Å²) >= 11 is 6.04. The van der Waals surface area contributed by atoms with E-state index in [4.69, 9.17) is 11.6 Å². The summed E-state index contributed by atoms with van der Waals surface area (Å²) in [6, 6.07) is 7.31. The van der Waals surface area contributed by atoms with Gasteiger partial charge in [0.15, 0.2) is 9.84 Å². The minimum Gasteiger partial charge on any atom is -0.324 e. The minimum absolute atomic E-state index is 0.0833. The van der Waals surface area contributed by atoms with Crippen molar-refractivity contribution in [1.29, 1.82) is 0 Å². The molecule has 24 heavy (non-hydrogen) atoms. The molecule has 0 saturated carbocycles. The molecule has 0 radical (unpaired) electrons. The van der Waals surface area contributed by atoms with Crippen LogP contribution >= 0.6 is 11.6 Å². The van der Waals surface area contributed by atoms with Gasteiger partial charge >= 0.3 is 0 Å². The number of nitrogens with zero attached hydrogens (tertiary/aromatic N) is 2. The Labute approximate surface area is 147 Å². The second kappa shape index (κ2) is 7.39. The van der Waals surface area contributed by atoms with Crippen LogP contribution in [-0.2, 0) is 14.6 Å². The molecule has 2 aliphatic rings. The number of para-hydroxylation sites is 1. The van der Waals surface area contributed by atoms with Gasteiger partial charge in [-0.15, -0.1) is 0 Å². The molecule has 2 heterocycles. The number of sulfone groups is 1. The van der Waals surface area contributed by atoms with Gasteiger partial charge in [0.1, 0.15) is 0 Å². The Morgan fingerprint density at radius 2 is 1.92 bits per heavy atom. The van der Waals surface area contributed by atoms with Gasteiger partial charge in [0, 0.05) is 32.2 Å². The van der Waals surface area contributed by atoms with E-state index in [1.54, 1.807) is 12.1 Å². The summed E-state index contributed by atoms with van der Waals surface area (Å²) in [7, 11) is -2.85. The van der Waals surface area contributed by atoms with E-state index in [-0.39, 0.29) is 17.7 Å². The molecule has 0 aromatic heterocycles. The molecule has 2 saturated heterocycles. The topological polar surface area (TPSA) is 69.7 Å². The Bertz CT molecular complexity index is 702. The lowest BCUT2D eigenvalue weighted by Crippen LogP contribution is -2.52. The van der Waals surface area contributed by atoms with E-state index >= 15 is 0 Å². The van der Waals surface area contributed by atoms with Crippen molar-refractivity contribution in [3.8, 4) is 0 Å². The first kappa shape index (κ1) is 17.7. The number of hydrogen-bond acceptors (Lipinski definition) is 5. The van der Waals surface area contributed by atoms with Crippen LogP contribution in [0.15, 0.2) is 24.3 Å². The van der Waals surface area contributed by atoms with Crippen LogP contribution in [0, 0.1) is 0 Å². The van der Waals surface area contributed by atoms with E-state index in [0.717, 1.165) is 32.6 Å². The SMILES string of the molecule is O=C(CN1CCN(C2CCS(=O)(=O)C2)CC1)Nc1ccccc1Cl. The molecule has 1 unspecified atom stereocenters. The lowest BCUT2D eigenvalue weighted by Gasteiger charge is -2.37. The van der Waals surface area contributed by atoms with Gasteiger partial charge < -0.3 is 5.32 Å². The number of nitrogens with one attached hydrogen (secondary N) is 1. The second-order valence-corrected chi connectivity index (χ2v) is 9.03. The number of benzene rings is 1. The quantitative estimate of drug-likeness (QED) is 0.857. The predicted molar refractivity (Wildman–Crippen MR) is 95.2 cm³/mol. The van der Waals surface area contributed by atoms with E-state index in [1.165, 1.54) is 0 Å². The number of piperazine rings is 1. The molecule has 1 aromatic rings. The molecule has 0 bridgehead atoms. The molecule has 1 aromatic carbocycles. The van der Waals surface area contributed by atoms with Crippen molar-refractivity contribution in [3.63, 3.8) is 0 Å². The van der Waals surface area contributed by atoms with Crippen molar-refractivity contribution in [2.75, 3.05) is 49.5 Å². The number of carbonyl (C=O) groups is 1. The smallest absolute Gasteiger partial charge is 0.238 e. The molecule has 0 spiro atoms. The number of carbonyl (C=O) groups excluding carboxylic acids is 1. The lowest BCUT2D eigenvalue weighted by atomic mass is 10.2. The Hall–Kier alpha value is -1.15. The third kappa shape index (κ3) is 4.47. The maximum absolute atomic E-state index is 12.2. The second-order valence-electron chi connectivity index (χ2n) is 6.40. The van der Waals surface area contributed by atoms with Gasteiger partial charge in [0.05, 0.1) is 28.8 Å². The first-order valence-corrected chi connectivity index (χ1v) is 10.3. The summed E-state index contributed by atoms with van der Waals surface area (Å²) in [4.78, 5) is 16.5. The van der Waals surface area contributed by atoms with Crippen LogP contribution in [0.3, 0.4) is 0 Å². The highest BCUT2D eigenvalue weighted by molar-refractivity contribution is 7.91. The third-order valence-electron chi connectivity index (χ3n) is 4.65. The molecule has 0 aliphatic carbocycles. The van der Waals surface area contributed by atoms with Gasteiger partial charge in [-0.25, -0.2) is 8.42 Å². The molecule has 1 amide bonds. The van der Waals surface area contributed by atoms with E-state index < -0.39 is 9.84 Å². The number of rotatable bonds is 4. The molecule has 2 fully saturated rings. The molecule has 8 heteroatoms. The van der Waals surface area contributed by atoms with Crippen LogP contribution in [0.2, 0.25) is 5.02 Å². The largest absolute Gasteiger partial charge is 0.324 e. The number of hydrogen-bond donors (Lipinski definition) is 1. The van der Waals surface area contributed by atoms with Crippen LogP contribution in [0.4, 0.5) is 5.69 Å². The maximum Gasteiger partial charge on any atom is 0.238 e. The van der Waals surface area contributed by atoms with Gasteiger partial charge in [-0.2, -0.15) is 0 Å². The number of anilines is 1. The average molecular weight is 372 g/mol. The predicted octanol–water partition coefficient (Wildman–Crippen LogP) is 1.08. The van der Waals surface area contributed by atoms with Crippen molar-refractivity contribution in [2.45, 2.75) is 12.5 Å². The summed E-state index contributed by atoms with van der Waals surface area (Å²) in [5, 5.41) is 3.36. The average Bonchev–Trinajstić information content (AvgIpc) is 2.90. The molecular formula is C16H22ClN3O3S. The monoisotopic (exact) mass is 371 g/mol. The molecule has 1 atom stereocenters. The number of halogens is 1. The first-order valence-electron chi connectivity index (χ1n) is 8.14. The fourth-order valence-corrected chi connectivity index (χ4v) is 5.25. The molecule has 6 nitrogen and oxygen atoms in total. The highest BCUT2D eigenvalue weighted by Gasteiger charge is 2.33. The zero-order chi connectivity index (χ0) is 17.2. The zero-order valence-corrected chi connectivity index (χ0v) is 15.0. The molecule has 132 valence electrons. The first-order chi connectivity index (χ1) is 11.4. The highest BCUT2D eigenvalue weighted by Crippen LogP contribution is 2.21. The van der Waals surface area contributed by atoms with Crippen LogP contribution < -0.4 is 5.32 Å². The lowest BCUT2D eigenvalue weighted by molar-refractivity contribution is -0.117. The Morgan fingerprint density at radius 1 is 1.21 bits per heavy atom. The minimum atomic E-state index is -2.85. The zero-order valence-electron chi connectivity index (χ0n) is 13.4. The fourth-order valence-electron chi connectivity index (χ4n) is 3.31. The Kier molecular flexibility index (Phi) is 5.44. The summed E-state index contributed by atoms with van der Waals surface area (Å²) < 4.78 is 23.2. The summed E-state index contributed by atoms with van der Waals surface area (Å²) in [6.45, 7) is 3.47. The molecular weight excluding hydrogens is 350 g/mol. The van der Waals surface area contributed by atoms with Crippen molar-refractivity contribution in [2.24, 2.45) is 0 Å². The van der Waals surface area contributed by atoms with E-state index in [2.05, 4.69) is 15.1 Å². The maximum atomic E-state index is 12.2. The van der Waals surface area contributed by atoms with Crippen LogP contribution in [0.5, 0.6) is 0 Å². The van der Waals surface area contributed by atoms with Gasteiger partial charge in [-0.3, -0.25) is 14.6 Å². The van der Waals surface area contributed by atoms with Crippen LogP contribution in [0.1, 0.15) is 6.42 Å². The van der Waals surface area contributed by atoms with E-state index in [1.807, 2.05) is 12.1 Å². The third-order valence-corrected chi connectivity index (χ3v) is 6.73. The Morgan fingerprint density at radius 3 is 2.54 bits per heavy atom. The van der Waals surface area contributed by atoms with Crippen LogP contribution in [-0.4, -0.2) is 74.4 Å². The highest BCUT2D eigenvalue weighted by atomic mass is 35.5. The molecule has 2 aliphatic heterocycles. The standard InChI is InChI=1S/C16H22ClN3O3S/c17-14-3-1-2-4-15(14)18-16(21)11-19-6-8-20(9-7-19)13-5-10-24(22,23)12-13/h1-4,13H,5-12H2,(H,18,21). The van der Waals surface area contributed by atoms with Gasteiger partial charge in [-0.1, -0.05) is 23.7 Å². The van der Waals surface area contributed by atoms with Crippen molar-refractivity contribution in [3.05, 3.63) is 29.3 Å². The van der Waals surface area contributed by atoms with Crippen LogP contribution in [0.25, 0.3) is 0 Å². The molecule has 1 N–H and O–H groups in total. The van der Waals surface area contributed by atoms with Gasteiger partial charge in [-0.05, 0) is 18.6 Å². The van der Waals surface area contributed by atoms with Crippen molar-refractivity contribution in [1.82, 2.24) is 9.80 Å². The van der Waals surface area contributed by atoms with E-state index in [9.17, 15) is 13.2 Å². The summed E-state index contributed by atoms with van der Waals surface area (Å²) in [6.07, 6.45) is 0.731. The summed E-state index contributed by atoms with van der Waals surface area (Å²) in [5.41, 5.74) is 0.624. The van der Waals surface area contributed by atoms with Gasteiger partial charge in [0.2, 0.25) is 5.91 Å². The van der Waals surface area contributed by atoms with Crippen molar-refractivity contribution < 1.29 is 13.2 Å². The Balaban J connectivity index is 1.45. The van der Waals surface area contributed by atoms with E-state index in [0.29, 0.717) is 23.0 Å². The van der Waals surface area contributed by atoms with Gasteiger partial charge in [0.25, 0.3) is 0 Å². The summed E-state index contributed by atoms with van der Waals surface area (Å²) in [5.74, 6) is 0.498. The van der Waals surface area contributed by atoms with Crippen molar-refractivity contribution >= 4 is 33.0 Å². The number of amides is 1.